The van der Waals surface area contributed by atoms with E-state index in [1.54, 1.807) is 52.9 Å². The molecule has 0 aliphatic carbocycles. The van der Waals surface area contributed by atoms with Crippen LogP contribution in [-0.4, -0.2) is 59.4 Å². The van der Waals surface area contributed by atoms with Crippen molar-refractivity contribution in [3.8, 4) is 0 Å². The van der Waals surface area contributed by atoms with Crippen LogP contribution in [0.1, 0.15) is 24.2 Å². The van der Waals surface area contributed by atoms with Crippen LogP contribution < -0.4 is 5.73 Å². The van der Waals surface area contributed by atoms with Gasteiger partial charge in [0.05, 0.1) is 5.88 Å². The molecule has 1 aromatic rings. The van der Waals surface area contributed by atoms with Gasteiger partial charge in [-0.3, -0.25) is 9.59 Å². The van der Waals surface area contributed by atoms with Gasteiger partial charge >= 0.3 is 0 Å². The monoisotopic (exact) mass is 405 g/mol. The number of rotatable bonds is 5. The molecule has 0 saturated carbocycles. The van der Waals surface area contributed by atoms with E-state index in [0.717, 1.165) is 0 Å². The molecule has 25 heavy (non-hydrogen) atoms. The van der Waals surface area contributed by atoms with Gasteiger partial charge in [0.15, 0.2) is 0 Å². The van der Waals surface area contributed by atoms with E-state index in [1.807, 2.05) is 13.8 Å². The molecule has 1 fully saturated rings. The summed E-state index contributed by atoms with van der Waals surface area (Å²) in [7, 11) is 1.77. The predicted octanol–water partition coefficient (Wildman–Crippen LogP) is 2.72. The van der Waals surface area contributed by atoms with Gasteiger partial charge < -0.3 is 15.5 Å². The van der Waals surface area contributed by atoms with Crippen LogP contribution in [0.4, 0.5) is 0 Å². The second-order valence-corrected chi connectivity index (χ2v) is 8.30. The van der Waals surface area contributed by atoms with Crippen LogP contribution in [0.25, 0.3) is 0 Å². The number of amides is 2. The van der Waals surface area contributed by atoms with E-state index < -0.39 is 6.04 Å². The van der Waals surface area contributed by atoms with Crippen molar-refractivity contribution in [3.63, 3.8) is 0 Å². The molecule has 1 atom stereocenters. The standard InChI is InChI=1S/C17H24ClN3O2S.ClH/c1-17(2,9-19)10-20(3)16(23)14-8-24-11-21(14)15(22)12-4-6-13(18)7-5-12;/h4-7,14H,8-11,19H2,1-3H3;1H. The number of nitrogens with two attached hydrogens (primary N) is 1. The molecule has 0 spiro atoms. The quantitative estimate of drug-likeness (QED) is 0.817. The van der Waals surface area contributed by atoms with E-state index in [0.29, 0.717) is 35.3 Å². The maximum absolute atomic E-state index is 12.8. The van der Waals surface area contributed by atoms with Crippen molar-refractivity contribution >= 4 is 47.6 Å². The summed E-state index contributed by atoms with van der Waals surface area (Å²) in [6.07, 6.45) is 0. The molecule has 5 nitrogen and oxygen atoms in total. The first-order valence-electron chi connectivity index (χ1n) is 7.84. The van der Waals surface area contributed by atoms with Crippen molar-refractivity contribution in [2.24, 2.45) is 11.1 Å². The number of nitrogens with zero attached hydrogens (tertiary/aromatic N) is 2. The lowest BCUT2D eigenvalue weighted by molar-refractivity contribution is -0.134. The zero-order valence-electron chi connectivity index (χ0n) is 14.7. The Morgan fingerprint density at radius 2 is 1.96 bits per heavy atom. The zero-order chi connectivity index (χ0) is 17.9. The van der Waals surface area contributed by atoms with Crippen LogP contribution in [0.5, 0.6) is 0 Å². The lowest BCUT2D eigenvalue weighted by Gasteiger charge is -2.32. The third-order valence-electron chi connectivity index (χ3n) is 4.11. The highest BCUT2D eigenvalue weighted by Crippen LogP contribution is 2.26. The average molecular weight is 406 g/mol. The topological polar surface area (TPSA) is 66.6 Å². The van der Waals surface area contributed by atoms with Crippen LogP contribution in [0.3, 0.4) is 0 Å². The Kier molecular flexibility index (Phi) is 8.06. The third-order valence-corrected chi connectivity index (χ3v) is 5.38. The summed E-state index contributed by atoms with van der Waals surface area (Å²) in [5, 5.41) is 0.582. The van der Waals surface area contributed by atoms with Gasteiger partial charge in [0.1, 0.15) is 6.04 Å². The summed E-state index contributed by atoms with van der Waals surface area (Å²) in [6.45, 7) is 5.11. The molecule has 0 bridgehead atoms. The highest BCUT2D eigenvalue weighted by molar-refractivity contribution is 7.99. The molecule has 2 N–H and O–H groups in total. The first-order valence-corrected chi connectivity index (χ1v) is 9.38. The Labute approximate surface area is 164 Å². The lowest BCUT2D eigenvalue weighted by Crippen LogP contribution is -2.50. The first-order chi connectivity index (χ1) is 11.2. The van der Waals surface area contributed by atoms with E-state index in [2.05, 4.69) is 0 Å². The van der Waals surface area contributed by atoms with Gasteiger partial charge in [-0.05, 0) is 36.2 Å². The Hall–Kier alpha value is -0.950. The minimum atomic E-state index is -0.434. The Morgan fingerprint density at radius 3 is 2.52 bits per heavy atom. The van der Waals surface area contributed by atoms with Crippen molar-refractivity contribution < 1.29 is 9.59 Å². The van der Waals surface area contributed by atoms with Gasteiger partial charge in [0.2, 0.25) is 5.91 Å². The fourth-order valence-electron chi connectivity index (χ4n) is 2.64. The van der Waals surface area contributed by atoms with Crippen molar-refractivity contribution in [2.45, 2.75) is 19.9 Å². The van der Waals surface area contributed by atoms with Gasteiger partial charge in [-0.1, -0.05) is 25.4 Å². The molecule has 1 saturated heterocycles. The molecule has 2 amide bonds. The largest absolute Gasteiger partial charge is 0.343 e. The van der Waals surface area contributed by atoms with Crippen molar-refractivity contribution in [1.82, 2.24) is 9.80 Å². The summed E-state index contributed by atoms with van der Waals surface area (Å²) in [6, 6.07) is 6.32. The number of thioether (sulfide) groups is 1. The molecule has 1 unspecified atom stereocenters. The second kappa shape index (κ2) is 9.12. The molecular weight excluding hydrogens is 381 g/mol. The van der Waals surface area contributed by atoms with Gasteiger partial charge in [-0.15, -0.1) is 24.2 Å². The van der Waals surface area contributed by atoms with Gasteiger partial charge in [-0.25, -0.2) is 0 Å². The summed E-state index contributed by atoms with van der Waals surface area (Å²) < 4.78 is 0. The van der Waals surface area contributed by atoms with Crippen LogP contribution in [-0.2, 0) is 4.79 Å². The minimum Gasteiger partial charge on any atom is -0.343 e. The van der Waals surface area contributed by atoms with Crippen LogP contribution in [0.2, 0.25) is 5.02 Å². The number of carbonyl (C=O) groups excluding carboxylic acids is 2. The van der Waals surface area contributed by atoms with Crippen LogP contribution >= 0.6 is 35.8 Å². The summed E-state index contributed by atoms with van der Waals surface area (Å²) in [5.41, 5.74) is 6.15. The van der Waals surface area contributed by atoms with Crippen LogP contribution in [0.15, 0.2) is 24.3 Å². The van der Waals surface area contributed by atoms with E-state index >= 15 is 0 Å². The average Bonchev–Trinajstić information content (AvgIpc) is 3.03. The number of benzene rings is 1. The molecule has 1 aliphatic rings. The zero-order valence-corrected chi connectivity index (χ0v) is 17.1. The normalized spacial score (nSPS) is 17.2. The van der Waals surface area contributed by atoms with Crippen molar-refractivity contribution in [3.05, 3.63) is 34.9 Å². The summed E-state index contributed by atoms with van der Waals surface area (Å²) in [5.74, 6) is 0.961. The molecule has 2 rings (SSSR count). The molecule has 0 radical (unpaired) electrons. The van der Waals surface area contributed by atoms with Gasteiger partial charge in [-0.2, -0.15) is 0 Å². The highest BCUT2D eigenvalue weighted by Gasteiger charge is 2.37. The maximum atomic E-state index is 12.8. The predicted molar refractivity (Wildman–Crippen MR) is 106 cm³/mol. The fourth-order valence-corrected chi connectivity index (χ4v) is 3.92. The number of halogens is 2. The lowest BCUT2D eigenvalue weighted by atomic mass is 9.93. The number of carbonyl (C=O) groups is 2. The molecule has 1 heterocycles. The Balaban J connectivity index is 0.00000312. The Bertz CT molecular complexity index is 610. The maximum Gasteiger partial charge on any atom is 0.255 e. The molecule has 140 valence electrons. The van der Waals surface area contributed by atoms with Gasteiger partial charge in [0.25, 0.3) is 5.91 Å². The highest BCUT2D eigenvalue weighted by atomic mass is 35.5. The minimum absolute atomic E-state index is 0. The second-order valence-electron chi connectivity index (χ2n) is 6.86. The Morgan fingerprint density at radius 1 is 1.36 bits per heavy atom. The van der Waals surface area contributed by atoms with Crippen LogP contribution in [0, 0.1) is 5.41 Å². The molecule has 0 aromatic heterocycles. The van der Waals surface area contributed by atoms with E-state index in [-0.39, 0.29) is 29.6 Å². The fraction of sp³-hybridized carbons (Fsp3) is 0.529. The molecule has 1 aliphatic heterocycles. The van der Waals surface area contributed by atoms with E-state index in [1.165, 1.54) is 0 Å². The number of hydrogen-bond donors (Lipinski definition) is 1. The third kappa shape index (κ3) is 5.51. The first kappa shape index (κ1) is 22.1. The summed E-state index contributed by atoms with van der Waals surface area (Å²) in [4.78, 5) is 28.8. The smallest absolute Gasteiger partial charge is 0.255 e. The van der Waals surface area contributed by atoms with E-state index in [4.69, 9.17) is 17.3 Å². The van der Waals surface area contributed by atoms with Crippen molar-refractivity contribution in [2.75, 3.05) is 31.8 Å². The SMILES string of the molecule is CN(CC(C)(C)CN)C(=O)C1CSCN1C(=O)c1ccc(Cl)cc1.Cl. The number of likely N-dealkylation sites (N-methyl/N-ethyl adjacent to an activating group) is 1. The van der Waals surface area contributed by atoms with E-state index in [9.17, 15) is 9.59 Å². The molecule has 8 heteroatoms. The molecule has 1 aromatic carbocycles. The summed E-state index contributed by atoms with van der Waals surface area (Å²) >= 11 is 7.46. The van der Waals surface area contributed by atoms with Gasteiger partial charge in [0, 0.05) is 29.9 Å². The van der Waals surface area contributed by atoms with Crippen molar-refractivity contribution in [1.29, 1.82) is 0 Å². The number of hydrogen-bond acceptors (Lipinski definition) is 4. The molecular formula is C17H25Cl2N3O2S.